The Kier molecular flexibility index (Phi) is 8.32. The molecule has 6 heteroatoms. The van der Waals surface area contributed by atoms with Crippen LogP contribution in [0.25, 0.3) is 0 Å². The van der Waals surface area contributed by atoms with Crippen molar-refractivity contribution in [2.24, 2.45) is 0 Å². The Morgan fingerprint density at radius 2 is 2.09 bits per heavy atom. The van der Waals surface area contributed by atoms with E-state index < -0.39 is 12.0 Å². The zero-order valence-corrected chi connectivity index (χ0v) is 8.06. The molecular formula is C5H8AgNO3S. The largest absolute Gasteiger partial charge is 1.00 e. The molecule has 0 unspecified atom stereocenters. The van der Waals surface area contributed by atoms with Gasteiger partial charge in [0.1, 0.15) is 6.04 Å². The molecule has 2 N–H and O–H groups in total. The molecule has 0 spiro atoms. The SMILES string of the molecule is CC(=O)N[C@H](C[S-])C(=O)O.[Ag+]. The summed E-state index contributed by atoms with van der Waals surface area (Å²) in [5.41, 5.74) is 0. The number of aliphatic carboxylic acids is 1. The van der Waals surface area contributed by atoms with Gasteiger partial charge < -0.3 is 23.1 Å². The molecule has 0 aliphatic rings. The molecule has 0 aromatic rings. The van der Waals surface area contributed by atoms with E-state index in [-0.39, 0.29) is 34.0 Å². The third-order valence-corrected chi connectivity index (χ3v) is 1.18. The number of carboxylic acid groups (broad SMARTS) is 1. The number of carbonyl (C=O) groups is 2. The standard InChI is InChI=1S/C5H9NO3S.Ag/c1-3(7)6-4(2-10)5(8)9;/h4,10H,2H2,1H3,(H,6,7)(H,8,9);/q;+1/p-1/t4-;/m1./s1. The van der Waals surface area contributed by atoms with Gasteiger partial charge in [-0.05, 0) is 0 Å². The number of amides is 1. The van der Waals surface area contributed by atoms with Crippen molar-refractivity contribution in [3.63, 3.8) is 0 Å². The topological polar surface area (TPSA) is 66.4 Å². The first-order valence-electron chi connectivity index (χ1n) is 2.66. The van der Waals surface area contributed by atoms with Gasteiger partial charge in [0.05, 0.1) is 0 Å². The maximum atomic E-state index is 10.3. The number of carbonyl (C=O) groups excluding carboxylic acids is 1. The van der Waals surface area contributed by atoms with Crippen molar-refractivity contribution in [2.45, 2.75) is 13.0 Å². The van der Waals surface area contributed by atoms with Crippen LogP contribution in [-0.2, 0) is 44.6 Å². The van der Waals surface area contributed by atoms with Crippen molar-refractivity contribution in [2.75, 3.05) is 5.75 Å². The zero-order valence-electron chi connectivity index (χ0n) is 5.76. The summed E-state index contributed by atoms with van der Waals surface area (Å²) in [6.07, 6.45) is 0. The van der Waals surface area contributed by atoms with Gasteiger partial charge in [-0.15, -0.1) is 5.75 Å². The van der Waals surface area contributed by atoms with Crippen molar-refractivity contribution in [1.29, 1.82) is 0 Å². The van der Waals surface area contributed by atoms with E-state index in [1.165, 1.54) is 6.92 Å². The van der Waals surface area contributed by atoms with Gasteiger partial charge in [-0.25, -0.2) is 0 Å². The minimum Gasteiger partial charge on any atom is -0.790 e. The summed E-state index contributed by atoms with van der Waals surface area (Å²) in [4.78, 5) is 20.5. The Morgan fingerprint density at radius 3 is 2.18 bits per heavy atom. The second-order valence-corrected chi connectivity index (χ2v) is 2.09. The van der Waals surface area contributed by atoms with Gasteiger partial charge in [-0.1, -0.05) is 0 Å². The monoisotopic (exact) mass is 269 g/mol. The maximum absolute atomic E-state index is 10.3. The third-order valence-electron chi connectivity index (χ3n) is 0.842. The summed E-state index contributed by atoms with van der Waals surface area (Å²) in [5, 5.41) is 10.5. The van der Waals surface area contributed by atoms with Crippen LogP contribution in [-0.4, -0.2) is 28.8 Å². The minimum atomic E-state index is -1.09. The van der Waals surface area contributed by atoms with Crippen LogP contribution >= 0.6 is 0 Å². The molecule has 0 heterocycles. The molecule has 4 nitrogen and oxygen atoms in total. The molecule has 0 radical (unpaired) electrons. The fourth-order valence-electron chi connectivity index (χ4n) is 0.420. The van der Waals surface area contributed by atoms with Gasteiger partial charge in [-0.3, -0.25) is 9.59 Å². The first-order chi connectivity index (χ1) is 4.57. The molecule has 11 heavy (non-hydrogen) atoms. The first kappa shape index (κ1) is 13.6. The normalized spacial score (nSPS) is 11.1. The quantitative estimate of drug-likeness (QED) is 0.516. The van der Waals surface area contributed by atoms with Crippen LogP contribution < -0.4 is 5.32 Å². The Bertz CT molecular complexity index is 153. The van der Waals surface area contributed by atoms with Crippen LogP contribution in [0.1, 0.15) is 6.92 Å². The number of rotatable bonds is 3. The Hall–Kier alpha value is 0.0303. The molecule has 0 fully saturated rings. The Labute approximate surface area is 85.7 Å². The Balaban J connectivity index is 0. The van der Waals surface area contributed by atoms with E-state index in [2.05, 4.69) is 17.9 Å². The van der Waals surface area contributed by atoms with Crippen molar-refractivity contribution < 1.29 is 37.1 Å². The second-order valence-electron chi connectivity index (χ2n) is 1.76. The van der Waals surface area contributed by atoms with Crippen LogP contribution in [0.5, 0.6) is 0 Å². The van der Waals surface area contributed by atoms with Gasteiger partial charge in [0.15, 0.2) is 0 Å². The molecule has 0 aromatic carbocycles. The molecule has 0 aromatic heterocycles. The van der Waals surface area contributed by atoms with Crippen LogP contribution in [0.15, 0.2) is 0 Å². The summed E-state index contributed by atoms with van der Waals surface area (Å²) in [7, 11) is 0. The number of hydrogen-bond donors (Lipinski definition) is 2. The fourth-order valence-corrected chi connectivity index (χ4v) is 0.646. The fraction of sp³-hybridized carbons (Fsp3) is 0.600. The van der Waals surface area contributed by atoms with Crippen LogP contribution in [0.4, 0.5) is 0 Å². The molecule has 0 saturated carbocycles. The van der Waals surface area contributed by atoms with Crippen LogP contribution in [0.2, 0.25) is 0 Å². The van der Waals surface area contributed by atoms with Gasteiger partial charge >= 0.3 is 28.3 Å². The third kappa shape index (κ3) is 6.43. The molecule has 0 bridgehead atoms. The summed E-state index contributed by atoms with van der Waals surface area (Å²) in [5.74, 6) is -1.47. The summed E-state index contributed by atoms with van der Waals surface area (Å²) in [6.45, 7) is 1.25. The average Bonchev–Trinajstić information content (AvgIpc) is 1.81. The molecule has 0 aliphatic heterocycles. The molecule has 1 atom stereocenters. The van der Waals surface area contributed by atoms with Gasteiger partial charge in [-0.2, -0.15) is 0 Å². The van der Waals surface area contributed by atoms with E-state index >= 15 is 0 Å². The van der Waals surface area contributed by atoms with Crippen LogP contribution in [0.3, 0.4) is 0 Å². The molecule has 68 valence electrons. The average molecular weight is 270 g/mol. The van der Waals surface area contributed by atoms with Gasteiger partial charge in [0.2, 0.25) is 5.91 Å². The van der Waals surface area contributed by atoms with Crippen LogP contribution in [0, 0.1) is 0 Å². The number of hydrogen-bond acceptors (Lipinski definition) is 3. The van der Waals surface area contributed by atoms with Crippen molar-refractivity contribution in [1.82, 2.24) is 5.32 Å². The smallest absolute Gasteiger partial charge is 0.790 e. The molecular weight excluding hydrogens is 262 g/mol. The van der Waals surface area contributed by atoms with Crippen molar-refractivity contribution in [3.8, 4) is 0 Å². The van der Waals surface area contributed by atoms with E-state index in [0.717, 1.165) is 0 Å². The summed E-state index contributed by atoms with van der Waals surface area (Å²) < 4.78 is 0. The van der Waals surface area contributed by atoms with E-state index in [4.69, 9.17) is 5.11 Å². The molecule has 1 amide bonds. The summed E-state index contributed by atoms with van der Waals surface area (Å²) in [6, 6.07) is -0.924. The zero-order chi connectivity index (χ0) is 8.15. The van der Waals surface area contributed by atoms with Gasteiger partial charge in [0.25, 0.3) is 0 Å². The van der Waals surface area contributed by atoms with Crippen molar-refractivity contribution >= 4 is 24.5 Å². The molecule has 0 rings (SSSR count). The Morgan fingerprint density at radius 1 is 1.64 bits per heavy atom. The molecule has 0 saturated heterocycles. The maximum Gasteiger partial charge on any atom is 1.00 e. The van der Waals surface area contributed by atoms with E-state index in [1.54, 1.807) is 0 Å². The number of nitrogens with one attached hydrogen (secondary N) is 1. The van der Waals surface area contributed by atoms with E-state index in [1.807, 2.05) is 0 Å². The van der Waals surface area contributed by atoms with Gasteiger partial charge in [0, 0.05) is 6.92 Å². The first-order valence-corrected chi connectivity index (χ1v) is 3.23. The van der Waals surface area contributed by atoms with E-state index in [9.17, 15) is 9.59 Å². The predicted molar refractivity (Wildman–Crippen MR) is 37.5 cm³/mol. The number of carboxylic acids is 1. The van der Waals surface area contributed by atoms with Crippen molar-refractivity contribution in [3.05, 3.63) is 0 Å². The van der Waals surface area contributed by atoms with E-state index in [0.29, 0.717) is 0 Å². The predicted octanol–water partition coefficient (Wildman–Crippen LogP) is -0.880. The molecule has 0 aliphatic carbocycles. The minimum absolute atomic E-state index is 0. The summed E-state index contributed by atoms with van der Waals surface area (Å²) >= 11 is 4.47. The second kappa shape index (κ2) is 6.72.